The van der Waals surface area contributed by atoms with Crippen LogP contribution in [0.25, 0.3) is 27.6 Å². The Kier molecular flexibility index (Phi) is 7.28. The Morgan fingerprint density at radius 1 is 0.929 bits per heavy atom. The van der Waals surface area contributed by atoms with Gasteiger partial charge >= 0.3 is 0 Å². The Hall–Kier alpha value is -5.06. The van der Waals surface area contributed by atoms with Crippen molar-refractivity contribution in [2.45, 2.75) is 0 Å². The van der Waals surface area contributed by atoms with Crippen LogP contribution in [0.5, 0.6) is 5.75 Å². The zero-order valence-corrected chi connectivity index (χ0v) is 23.4. The average molecular weight is 574 g/mol. The number of thiazole rings is 1. The third-order valence-electron chi connectivity index (χ3n) is 6.90. The van der Waals surface area contributed by atoms with Crippen LogP contribution < -0.4 is 15.1 Å². The number of nitrogens with zero attached hydrogens (tertiary/aromatic N) is 6. The number of ether oxygens (including phenoxy) is 1. The van der Waals surface area contributed by atoms with E-state index >= 15 is 0 Å². The first-order valence-electron chi connectivity index (χ1n) is 13.6. The second-order valence-electron chi connectivity index (χ2n) is 9.67. The van der Waals surface area contributed by atoms with Crippen LogP contribution in [-0.2, 0) is 4.74 Å². The molecule has 4 heterocycles. The minimum atomic E-state index is 0.515. The number of nitrogens with one attached hydrogen (secondary N) is 1. The summed E-state index contributed by atoms with van der Waals surface area (Å²) in [4.78, 5) is 23.1. The summed E-state index contributed by atoms with van der Waals surface area (Å²) in [5.41, 5.74) is 6.43. The van der Waals surface area contributed by atoms with Crippen LogP contribution >= 0.6 is 11.3 Å². The zero-order valence-electron chi connectivity index (χ0n) is 22.6. The Morgan fingerprint density at radius 2 is 1.81 bits per heavy atom. The summed E-state index contributed by atoms with van der Waals surface area (Å²) < 4.78 is 7.58. The van der Waals surface area contributed by atoms with Crippen molar-refractivity contribution in [1.29, 1.82) is 0 Å². The van der Waals surface area contributed by atoms with Crippen LogP contribution in [0.15, 0.2) is 108 Å². The molecule has 0 spiro atoms. The molecule has 3 aromatic heterocycles. The summed E-state index contributed by atoms with van der Waals surface area (Å²) >= 11 is 1.58. The second-order valence-corrected chi connectivity index (χ2v) is 10.5. The molecule has 1 saturated heterocycles. The first-order valence-corrected chi connectivity index (χ1v) is 14.5. The van der Waals surface area contributed by atoms with Crippen molar-refractivity contribution >= 4 is 39.8 Å². The highest BCUT2D eigenvalue weighted by Gasteiger charge is 2.19. The van der Waals surface area contributed by atoms with Crippen LogP contribution in [-0.4, -0.2) is 51.9 Å². The molecule has 208 valence electrons. The van der Waals surface area contributed by atoms with E-state index in [4.69, 9.17) is 19.5 Å². The van der Waals surface area contributed by atoms with E-state index in [9.17, 15) is 0 Å². The third kappa shape index (κ3) is 5.58. The standard InChI is InChI=1S/C32H27N7O2S/c1-2-10-27(11-3-1)41-34-22-23-6-4-7-24(20-23)29-30(39-16-19-42-32(39)37-29)28-12-13-33-31(36-28)35-25-8-5-9-26(21-25)38-14-17-40-18-15-38/h1-13,16,19-22H,14-15,17-18H2,(H,33,35,36)/b34-22+. The van der Waals surface area contributed by atoms with Gasteiger partial charge in [-0.2, -0.15) is 0 Å². The highest BCUT2D eigenvalue weighted by atomic mass is 32.1. The Labute approximate surface area is 246 Å². The molecule has 7 rings (SSSR count). The highest BCUT2D eigenvalue weighted by Crippen LogP contribution is 2.34. The number of hydrogen-bond acceptors (Lipinski definition) is 9. The smallest absolute Gasteiger partial charge is 0.227 e. The van der Waals surface area contributed by atoms with Gasteiger partial charge in [0.05, 0.1) is 30.8 Å². The van der Waals surface area contributed by atoms with Gasteiger partial charge in [0.1, 0.15) is 5.69 Å². The maximum atomic E-state index is 5.51. The number of para-hydroxylation sites is 1. The molecule has 0 unspecified atom stereocenters. The first kappa shape index (κ1) is 25.9. The van der Waals surface area contributed by atoms with Crippen LogP contribution in [0.4, 0.5) is 17.3 Å². The molecule has 0 saturated carbocycles. The van der Waals surface area contributed by atoms with E-state index in [0.717, 1.165) is 70.8 Å². The van der Waals surface area contributed by atoms with Crippen molar-refractivity contribution < 1.29 is 9.57 Å². The summed E-state index contributed by atoms with van der Waals surface area (Å²) in [6.07, 6.45) is 5.49. The molecule has 0 radical (unpaired) electrons. The van der Waals surface area contributed by atoms with E-state index in [-0.39, 0.29) is 0 Å². The highest BCUT2D eigenvalue weighted by molar-refractivity contribution is 7.15. The number of morpholine rings is 1. The molecule has 0 amide bonds. The number of imidazole rings is 1. The average Bonchev–Trinajstić information content (AvgIpc) is 3.65. The van der Waals surface area contributed by atoms with Gasteiger partial charge in [-0.15, -0.1) is 11.3 Å². The molecule has 6 aromatic rings. The fourth-order valence-corrected chi connectivity index (χ4v) is 5.62. The Bertz CT molecular complexity index is 1840. The van der Waals surface area contributed by atoms with E-state index in [0.29, 0.717) is 11.7 Å². The molecule has 1 fully saturated rings. The van der Waals surface area contributed by atoms with Gasteiger partial charge in [0.2, 0.25) is 5.95 Å². The summed E-state index contributed by atoms with van der Waals surface area (Å²) in [6.45, 7) is 3.24. The molecule has 42 heavy (non-hydrogen) atoms. The largest absolute Gasteiger partial charge is 0.378 e. The minimum Gasteiger partial charge on any atom is -0.378 e. The van der Waals surface area contributed by atoms with Crippen molar-refractivity contribution in [3.63, 3.8) is 0 Å². The Balaban J connectivity index is 1.18. The van der Waals surface area contributed by atoms with E-state index in [2.05, 4.69) is 36.9 Å². The fraction of sp³-hybridized carbons (Fsp3) is 0.125. The quantitative estimate of drug-likeness (QED) is 0.164. The molecule has 1 aliphatic rings. The van der Waals surface area contributed by atoms with Crippen molar-refractivity contribution in [3.05, 3.63) is 108 Å². The molecule has 0 aliphatic carbocycles. The predicted molar refractivity (Wildman–Crippen MR) is 167 cm³/mol. The monoisotopic (exact) mass is 573 g/mol. The van der Waals surface area contributed by atoms with Gasteiger partial charge in [-0.05, 0) is 48.0 Å². The number of fused-ring (bicyclic) bond motifs is 1. The number of hydrogen-bond donors (Lipinski definition) is 1. The number of benzene rings is 3. The zero-order chi connectivity index (χ0) is 28.1. The van der Waals surface area contributed by atoms with E-state index in [1.54, 1.807) is 23.7 Å². The number of rotatable bonds is 8. The van der Waals surface area contributed by atoms with Gasteiger partial charge in [0.25, 0.3) is 0 Å². The molecule has 9 nitrogen and oxygen atoms in total. The van der Waals surface area contributed by atoms with Crippen LogP contribution in [0.1, 0.15) is 5.56 Å². The van der Waals surface area contributed by atoms with E-state index in [1.165, 1.54) is 0 Å². The molecule has 10 heteroatoms. The molecule has 3 aromatic carbocycles. The van der Waals surface area contributed by atoms with Gasteiger partial charge in [-0.25, -0.2) is 15.0 Å². The topological polar surface area (TPSA) is 89.2 Å². The predicted octanol–water partition coefficient (Wildman–Crippen LogP) is 6.51. The van der Waals surface area contributed by atoms with Gasteiger partial charge < -0.3 is 19.8 Å². The van der Waals surface area contributed by atoms with E-state index < -0.39 is 0 Å². The maximum Gasteiger partial charge on any atom is 0.227 e. The van der Waals surface area contributed by atoms with Crippen LogP contribution in [0, 0.1) is 0 Å². The fourth-order valence-electron chi connectivity index (χ4n) is 4.91. The lowest BCUT2D eigenvalue weighted by Crippen LogP contribution is -2.36. The number of oxime groups is 1. The Morgan fingerprint density at radius 3 is 2.71 bits per heavy atom. The van der Waals surface area contributed by atoms with Crippen LogP contribution in [0.2, 0.25) is 0 Å². The van der Waals surface area contributed by atoms with E-state index in [1.807, 2.05) is 84.4 Å². The number of aromatic nitrogens is 4. The lowest BCUT2D eigenvalue weighted by Gasteiger charge is -2.29. The SMILES string of the molecule is C(=N\Oc1ccccc1)/c1cccc(-c2nc3sccn3c2-c2ccnc(Nc3cccc(N4CCOCC4)c3)n2)c1. The molecular formula is C32H27N7O2S. The first-order chi connectivity index (χ1) is 20.8. The van der Waals surface area contributed by atoms with Crippen LogP contribution in [0.3, 0.4) is 0 Å². The summed E-state index contributed by atoms with van der Waals surface area (Å²) in [5.74, 6) is 1.20. The summed E-state index contributed by atoms with van der Waals surface area (Å²) in [5, 5.41) is 9.58. The maximum absolute atomic E-state index is 5.51. The normalized spacial score (nSPS) is 13.6. The molecule has 1 aliphatic heterocycles. The van der Waals surface area contributed by atoms with Crippen molar-refractivity contribution in [2.75, 3.05) is 36.5 Å². The lowest BCUT2D eigenvalue weighted by atomic mass is 10.1. The molecular weight excluding hydrogens is 546 g/mol. The molecule has 1 N–H and O–H groups in total. The second kappa shape index (κ2) is 11.8. The summed E-state index contributed by atoms with van der Waals surface area (Å²) in [6, 6.07) is 27.8. The summed E-state index contributed by atoms with van der Waals surface area (Å²) in [7, 11) is 0. The molecule has 0 atom stereocenters. The van der Waals surface area contributed by atoms with Gasteiger partial charge in [-0.3, -0.25) is 4.40 Å². The van der Waals surface area contributed by atoms with Crippen molar-refractivity contribution in [1.82, 2.24) is 19.4 Å². The molecule has 0 bridgehead atoms. The van der Waals surface area contributed by atoms with Gasteiger partial charge in [0, 0.05) is 47.8 Å². The third-order valence-corrected chi connectivity index (χ3v) is 7.66. The van der Waals surface area contributed by atoms with Crippen molar-refractivity contribution in [3.8, 4) is 28.4 Å². The number of anilines is 3. The van der Waals surface area contributed by atoms with Gasteiger partial charge in [-0.1, -0.05) is 47.6 Å². The van der Waals surface area contributed by atoms with Gasteiger partial charge in [0.15, 0.2) is 10.7 Å². The lowest BCUT2D eigenvalue weighted by molar-refractivity contribution is 0.122. The van der Waals surface area contributed by atoms with Crippen molar-refractivity contribution in [2.24, 2.45) is 5.16 Å². The minimum absolute atomic E-state index is 0.515.